The van der Waals surface area contributed by atoms with Crippen molar-refractivity contribution in [1.82, 2.24) is 0 Å². The summed E-state index contributed by atoms with van der Waals surface area (Å²) in [6, 6.07) is 5.92. The predicted molar refractivity (Wildman–Crippen MR) is 42.7 cm³/mol. The fourth-order valence-corrected chi connectivity index (χ4v) is 0.820. The first-order valence-corrected chi connectivity index (χ1v) is 3.39. The molecule has 0 heterocycles. The summed E-state index contributed by atoms with van der Waals surface area (Å²) in [4.78, 5) is 24.8. The summed E-state index contributed by atoms with van der Waals surface area (Å²) >= 11 is 0. The van der Waals surface area contributed by atoms with Crippen LogP contribution in [0, 0.1) is 0 Å². The molecule has 68 valence electrons. The normalized spacial score (nSPS) is 9.00. The van der Waals surface area contributed by atoms with E-state index in [1.165, 1.54) is 18.2 Å². The maximum absolute atomic E-state index is 10.9. The largest absolute Gasteiger partial charge is 0.429 e. The molecule has 0 spiro atoms. The van der Waals surface area contributed by atoms with E-state index in [0.717, 1.165) is 0 Å². The second-order valence-electron chi connectivity index (χ2n) is 2.15. The van der Waals surface area contributed by atoms with Crippen LogP contribution in [0.5, 0.6) is 5.75 Å². The quantitative estimate of drug-likeness (QED) is 0.534. The van der Waals surface area contributed by atoms with E-state index >= 15 is 0 Å². The number of hydrogen-bond acceptors (Lipinski definition) is 5. The minimum Gasteiger partial charge on any atom is -0.429 e. The molecular formula is C8H7NO4. The predicted octanol–water partition coefficient (Wildman–Crippen LogP) is 0.252. The standard InChI is InChI=1S/C8H7NO4/c9-13-8(11)6-2-1-3-7(4-6)12-5-10/h1-5H,9H2. The Kier molecular flexibility index (Phi) is 2.99. The lowest BCUT2D eigenvalue weighted by molar-refractivity contribution is -0.120. The Morgan fingerprint density at radius 1 is 1.46 bits per heavy atom. The topological polar surface area (TPSA) is 78.6 Å². The van der Waals surface area contributed by atoms with E-state index in [2.05, 4.69) is 15.5 Å². The van der Waals surface area contributed by atoms with Crippen LogP contribution in [0.25, 0.3) is 0 Å². The number of nitrogens with two attached hydrogens (primary N) is 1. The molecule has 0 aliphatic carbocycles. The Morgan fingerprint density at radius 2 is 2.23 bits per heavy atom. The number of benzene rings is 1. The van der Waals surface area contributed by atoms with Crippen LogP contribution in [-0.2, 0) is 9.63 Å². The zero-order chi connectivity index (χ0) is 9.68. The summed E-state index contributed by atoms with van der Waals surface area (Å²) in [5.74, 6) is 4.25. The Hall–Kier alpha value is -1.88. The third-order valence-electron chi connectivity index (χ3n) is 1.36. The molecule has 0 fully saturated rings. The molecule has 1 aromatic rings. The van der Waals surface area contributed by atoms with Gasteiger partial charge in [0.15, 0.2) is 0 Å². The molecule has 0 unspecified atom stereocenters. The van der Waals surface area contributed by atoms with Gasteiger partial charge >= 0.3 is 5.97 Å². The van der Waals surface area contributed by atoms with Crippen LogP contribution in [0.2, 0.25) is 0 Å². The van der Waals surface area contributed by atoms with Crippen molar-refractivity contribution in [2.75, 3.05) is 0 Å². The van der Waals surface area contributed by atoms with Crippen LogP contribution in [-0.4, -0.2) is 12.4 Å². The smallest absolute Gasteiger partial charge is 0.356 e. The highest BCUT2D eigenvalue weighted by Gasteiger charge is 2.06. The fourth-order valence-electron chi connectivity index (χ4n) is 0.820. The molecule has 0 aliphatic heterocycles. The Morgan fingerprint density at radius 3 is 2.85 bits per heavy atom. The minimum absolute atomic E-state index is 0.224. The van der Waals surface area contributed by atoms with E-state index < -0.39 is 5.97 Å². The third-order valence-corrected chi connectivity index (χ3v) is 1.36. The molecule has 0 radical (unpaired) electrons. The van der Waals surface area contributed by atoms with Gasteiger partial charge in [-0.25, -0.2) is 4.79 Å². The zero-order valence-corrected chi connectivity index (χ0v) is 6.60. The second kappa shape index (κ2) is 4.22. The third kappa shape index (κ3) is 2.28. The van der Waals surface area contributed by atoms with Gasteiger partial charge in [0, 0.05) is 0 Å². The van der Waals surface area contributed by atoms with Crippen molar-refractivity contribution in [1.29, 1.82) is 0 Å². The Labute approximate surface area is 74.0 Å². The van der Waals surface area contributed by atoms with Gasteiger partial charge in [-0.2, -0.15) is 5.90 Å². The van der Waals surface area contributed by atoms with Gasteiger partial charge in [-0.3, -0.25) is 4.79 Å². The summed E-state index contributed by atoms with van der Waals surface area (Å²) in [7, 11) is 0. The molecule has 0 bridgehead atoms. The van der Waals surface area contributed by atoms with E-state index in [1.54, 1.807) is 6.07 Å². The van der Waals surface area contributed by atoms with Crippen molar-refractivity contribution < 1.29 is 19.2 Å². The molecule has 0 amide bonds. The van der Waals surface area contributed by atoms with Crippen LogP contribution < -0.4 is 10.6 Å². The summed E-state index contributed by atoms with van der Waals surface area (Å²) < 4.78 is 4.51. The highest BCUT2D eigenvalue weighted by molar-refractivity contribution is 5.89. The lowest BCUT2D eigenvalue weighted by atomic mass is 10.2. The van der Waals surface area contributed by atoms with E-state index in [1.807, 2.05) is 0 Å². The van der Waals surface area contributed by atoms with Gasteiger partial charge in [-0.15, -0.1) is 0 Å². The Balaban J connectivity index is 2.90. The SMILES string of the molecule is NOC(=O)c1cccc(OC=O)c1. The zero-order valence-electron chi connectivity index (χ0n) is 6.60. The van der Waals surface area contributed by atoms with Crippen LogP contribution in [0.1, 0.15) is 10.4 Å². The average Bonchev–Trinajstić information content (AvgIpc) is 2.18. The summed E-state index contributed by atoms with van der Waals surface area (Å²) in [5.41, 5.74) is 0.224. The maximum Gasteiger partial charge on any atom is 0.356 e. The van der Waals surface area contributed by atoms with Crippen molar-refractivity contribution in [2.24, 2.45) is 5.90 Å². The van der Waals surface area contributed by atoms with Crippen LogP contribution in [0.3, 0.4) is 0 Å². The molecule has 2 N–H and O–H groups in total. The van der Waals surface area contributed by atoms with Crippen molar-refractivity contribution in [2.45, 2.75) is 0 Å². The van der Waals surface area contributed by atoms with Gasteiger partial charge in [0.25, 0.3) is 6.47 Å². The van der Waals surface area contributed by atoms with Crippen molar-refractivity contribution in [3.8, 4) is 5.75 Å². The van der Waals surface area contributed by atoms with Crippen molar-refractivity contribution in [3.05, 3.63) is 29.8 Å². The van der Waals surface area contributed by atoms with E-state index in [-0.39, 0.29) is 17.8 Å². The summed E-state index contributed by atoms with van der Waals surface area (Å²) in [6.45, 7) is 0.271. The molecule has 0 atom stereocenters. The first-order valence-electron chi connectivity index (χ1n) is 3.39. The minimum atomic E-state index is -0.684. The molecule has 5 heteroatoms. The van der Waals surface area contributed by atoms with Gasteiger partial charge in [0.05, 0.1) is 5.56 Å². The van der Waals surface area contributed by atoms with E-state index in [0.29, 0.717) is 0 Å². The maximum atomic E-state index is 10.9. The van der Waals surface area contributed by atoms with Gasteiger partial charge < -0.3 is 9.57 Å². The van der Waals surface area contributed by atoms with Crippen molar-refractivity contribution >= 4 is 12.4 Å². The number of hydrogen-bond donors (Lipinski definition) is 1. The second-order valence-corrected chi connectivity index (χ2v) is 2.15. The first kappa shape index (κ1) is 9.21. The Bertz CT molecular complexity index is 324. The molecular weight excluding hydrogens is 174 g/mol. The number of carbonyl (C=O) groups excluding carboxylic acids is 2. The average molecular weight is 181 g/mol. The highest BCUT2D eigenvalue weighted by Crippen LogP contribution is 2.12. The van der Waals surface area contributed by atoms with Crippen LogP contribution >= 0.6 is 0 Å². The number of ether oxygens (including phenoxy) is 1. The van der Waals surface area contributed by atoms with Crippen LogP contribution in [0.15, 0.2) is 24.3 Å². The number of rotatable bonds is 3. The first-order chi connectivity index (χ1) is 6.27. The van der Waals surface area contributed by atoms with Gasteiger partial charge in [-0.1, -0.05) is 6.07 Å². The highest BCUT2D eigenvalue weighted by atomic mass is 16.7. The molecule has 0 aliphatic rings. The molecule has 1 rings (SSSR count). The molecule has 13 heavy (non-hydrogen) atoms. The van der Waals surface area contributed by atoms with Crippen molar-refractivity contribution in [3.63, 3.8) is 0 Å². The van der Waals surface area contributed by atoms with Gasteiger partial charge in [0.1, 0.15) is 5.75 Å². The monoisotopic (exact) mass is 181 g/mol. The summed E-state index contributed by atoms with van der Waals surface area (Å²) in [5, 5.41) is 0. The van der Waals surface area contributed by atoms with Gasteiger partial charge in [-0.05, 0) is 18.2 Å². The molecule has 1 aromatic carbocycles. The van der Waals surface area contributed by atoms with E-state index in [9.17, 15) is 9.59 Å². The van der Waals surface area contributed by atoms with Gasteiger partial charge in [0.2, 0.25) is 0 Å². The van der Waals surface area contributed by atoms with Crippen LogP contribution in [0.4, 0.5) is 0 Å². The molecule has 0 saturated carbocycles. The fraction of sp³-hybridized carbons (Fsp3) is 0. The van der Waals surface area contributed by atoms with E-state index in [4.69, 9.17) is 0 Å². The molecule has 0 aromatic heterocycles. The molecule has 0 saturated heterocycles. The molecule has 5 nitrogen and oxygen atoms in total. The lowest BCUT2D eigenvalue weighted by Gasteiger charge is -2.00. The summed E-state index contributed by atoms with van der Waals surface area (Å²) in [6.07, 6.45) is 0. The number of carbonyl (C=O) groups is 2. The lowest BCUT2D eigenvalue weighted by Crippen LogP contribution is -2.09.